The van der Waals surface area contributed by atoms with Crippen LogP contribution in [-0.4, -0.2) is 116 Å². The summed E-state index contributed by atoms with van der Waals surface area (Å²) in [4.78, 5) is 82.2. The second-order valence-electron chi connectivity index (χ2n) is 10.8. The topological polar surface area (TPSA) is 330 Å². The fourth-order valence-electron chi connectivity index (χ4n) is 3.83. The second kappa shape index (κ2) is 17.7. The molecule has 10 N–H and O–H groups in total. The highest BCUT2D eigenvalue weighted by Gasteiger charge is 2.65. The molecule has 0 spiro atoms. The standard InChI is InChI=1S/C19H48N2O18P6/c1-5-7-9-13-20(3)15-11-18(22,42(28,29)30)44(34,35)38-40(24,25)17-41(26,27)39-45(36,37)19(23,43(31,32)33)12-16-21(4)14-10-8-6-2/h22-23H,5-17H2,1-4H3,(H,24,25)(H,26,27)(H,34,35)(H,36,37)(H2,28,29,30)(H2,31,32,33). The lowest BCUT2D eigenvalue weighted by Gasteiger charge is -2.35. The van der Waals surface area contributed by atoms with E-state index in [0.717, 1.165) is 25.7 Å². The van der Waals surface area contributed by atoms with Crippen molar-refractivity contribution in [1.29, 1.82) is 0 Å². The van der Waals surface area contributed by atoms with Crippen LogP contribution in [0.25, 0.3) is 0 Å². The van der Waals surface area contributed by atoms with Crippen molar-refractivity contribution in [3.05, 3.63) is 0 Å². The zero-order valence-electron chi connectivity index (χ0n) is 25.5. The number of unbranched alkanes of at least 4 members (excludes halogenated alkanes) is 4. The highest BCUT2D eigenvalue weighted by molar-refractivity contribution is 7.82. The monoisotopic (exact) mass is 778 g/mol. The van der Waals surface area contributed by atoms with Gasteiger partial charge in [0.25, 0.3) is 10.2 Å². The van der Waals surface area contributed by atoms with E-state index in [9.17, 15) is 76.8 Å². The van der Waals surface area contributed by atoms with Gasteiger partial charge in [0.1, 0.15) is 0 Å². The average Bonchev–Trinajstić information content (AvgIpc) is 2.82. The van der Waals surface area contributed by atoms with Gasteiger partial charge in [-0.2, -0.15) is 0 Å². The lowest BCUT2D eigenvalue weighted by molar-refractivity contribution is 0.112. The average molecular weight is 778 g/mol. The summed E-state index contributed by atoms with van der Waals surface area (Å²) in [6.45, 7) is 3.62. The Hall–Kier alpha value is 0.820. The number of rotatable bonds is 24. The molecule has 6 unspecified atom stereocenters. The Balaban J connectivity index is 6.04. The van der Waals surface area contributed by atoms with Crippen molar-refractivity contribution < 1.29 is 85.4 Å². The molecular weight excluding hydrogens is 730 g/mol. The molecule has 272 valence electrons. The third-order valence-corrected chi connectivity index (χ3v) is 20.9. The highest BCUT2D eigenvalue weighted by Crippen LogP contribution is 2.80. The van der Waals surface area contributed by atoms with Crippen LogP contribution in [0.2, 0.25) is 0 Å². The summed E-state index contributed by atoms with van der Waals surface area (Å²) < 4.78 is 83.1. The van der Waals surface area contributed by atoms with E-state index in [4.69, 9.17) is 0 Å². The summed E-state index contributed by atoms with van der Waals surface area (Å²) >= 11 is 0. The van der Waals surface area contributed by atoms with Crippen LogP contribution < -0.4 is 0 Å². The van der Waals surface area contributed by atoms with Gasteiger partial charge in [0.05, 0.1) is 0 Å². The third-order valence-electron chi connectivity index (χ3n) is 6.62. The van der Waals surface area contributed by atoms with Gasteiger partial charge in [-0.15, -0.1) is 0 Å². The van der Waals surface area contributed by atoms with Crippen molar-refractivity contribution in [3.8, 4) is 0 Å². The van der Waals surface area contributed by atoms with Crippen LogP contribution >= 0.6 is 45.6 Å². The minimum Gasteiger partial charge on any atom is -0.367 e. The van der Waals surface area contributed by atoms with Crippen LogP contribution in [0, 0.1) is 0 Å². The molecule has 0 aliphatic carbocycles. The third kappa shape index (κ3) is 13.9. The van der Waals surface area contributed by atoms with Gasteiger partial charge in [-0.3, -0.25) is 27.4 Å². The second-order valence-corrected chi connectivity index (χ2v) is 23.7. The maximum Gasteiger partial charge on any atom is 0.379 e. The van der Waals surface area contributed by atoms with Crippen LogP contribution in [0.3, 0.4) is 0 Å². The molecule has 6 atom stereocenters. The summed E-state index contributed by atoms with van der Waals surface area (Å²) in [5.41, 5.74) is 0. The Kier molecular flexibility index (Phi) is 18.0. The summed E-state index contributed by atoms with van der Waals surface area (Å²) in [5, 5.41) is 13.2. The van der Waals surface area contributed by atoms with Crippen LogP contribution in [-0.2, 0) is 36.0 Å². The molecular formula is C19H48N2O18P6. The lowest BCUT2D eigenvalue weighted by Crippen LogP contribution is -2.35. The molecule has 0 aromatic carbocycles. The van der Waals surface area contributed by atoms with Crippen molar-refractivity contribution in [2.45, 2.75) is 75.4 Å². The van der Waals surface area contributed by atoms with Gasteiger partial charge in [-0.05, 0) is 40.0 Å². The minimum absolute atomic E-state index is 0.336. The molecule has 0 bridgehead atoms. The van der Waals surface area contributed by atoms with Crippen molar-refractivity contribution in [2.24, 2.45) is 0 Å². The molecule has 0 fully saturated rings. The summed E-state index contributed by atoms with van der Waals surface area (Å²) in [5.74, 6) is -2.35. The molecule has 20 nitrogen and oxygen atoms in total. The zero-order valence-corrected chi connectivity index (χ0v) is 30.9. The van der Waals surface area contributed by atoms with E-state index in [1.54, 1.807) is 0 Å². The molecule has 0 aromatic rings. The normalized spacial score (nSPS) is 21.3. The SMILES string of the molecule is CCCCCN(C)CCC(O)(P(=O)(O)O)P(=O)(O)OP(=O)(O)CP(=O)(O)OP(=O)(O)C(O)(CCN(C)CCCCC)P(=O)(O)O. The van der Waals surface area contributed by atoms with Crippen LogP contribution in [0.4, 0.5) is 0 Å². The summed E-state index contributed by atoms with van der Waals surface area (Å²) in [6, 6.07) is 0. The lowest BCUT2D eigenvalue weighted by atomic mass is 10.2. The first kappa shape index (κ1) is 45.8. The van der Waals surface area contributed by atoms with E-state index >= 15 is 0 Å². The molecule has 0 radical (unpaired) electrons. The van der Waals surface area contributed by atoms with Crippen LogP contribution in [0.1, 0.15) is 65.2 Å². The molecule has 0 aromatic heterocycles. The van der Waals surface area contributed by atoms with Gasteiger partial charge >= 0.3 is 45.6 Å². The first-order valence-electron chi connectivity index (χ1n) is 13.7. The number of aliphatic hydroxyl groups is 2. The largest absolute Gasteiger partial charge is 0.379 e. The first-order chi connectivity index (χ1) is 20.0. The fraction of sp³-hybridized carbons (Fsp3) is 1.00. The van der Waals surface area contributed by atoms with Gasteiger partial charge in [-0.1, -0.05) is 39.5 Å². The number of hydrogen-bond donors (Lipinski definition) is 10. The van der Waals surface area contributed by atoms with E-state index in [1.165, 1.54) is 23.9 Å². The van der Waals surface area contributed by atoms with Crippen molar-refractivity contribution >= 4 is 45.6 Å². The molecule has 0 saturated heterocycles. The Bertz CT molecular complexity index is 1150. The molecule has 0 heterocycles. The predicted octanol–water partition coefficient (Wildman–Crippen LogP) is 2.39. The molecule has 0 amide bonds. The Morgan fingerprint density at radius 1 is 0.533 bits per heavy atom. The van der Waals surface area contributed by atoms with Gasteiger partial charge < -0.3 is 59.2 Å². The van der Waals surface area contributed by atoms with Crippen LogP contribution in [0.5, 0.6) is 0 Å². The van der Waals surface area contributed by atoms with Crippen molar-refractivity contribution in [2.75, 3.05) is 46.2 Å². The summed E-state index contributed by atoms with van der Waals surface area (Å²) in [6.07, 6.45) is 2.06. The highest BCUT2D eigenvalue weighted by atomic mass is 31.3. The maximum atomic E-state index is 12.9. The molecule has 45 heavy (non-hydrogen) atoms. The first-order valence-corrected chi connectivity index (χ1v) is 23.6. The number of nitrogens with zero attached hydrogens (tertiary/aromatic N) is 2. The number of hydrogen-bond acceptors (Lipinski definition) is 12. The van der Waals surface area contributed by atoms with Crippen molar-refractivity contribution in [3.63, 3.8) is 0 Å². The Labute approximate surface area is 262 Å². The Morgan fingerprint density at radius 2 is 0.822 bits per heavy atom. The van der Waals surface area contributed by atoms with Gasteiger partial charge in [-0.25, -0.2) is 8.62 Å². The van der Waals surface area contributed by atoms with Gasteiger partial charge in [0.2, 0.25) is 0 Å². The molecule has 0 rings (SSSR count). The molecule has 0 aliphatic heterocycles. The Morgan fingerprint density at radius 3 is 1.07 bits per heavy atom. The van der Waals surface area contributed by atoms with Gasteiger partial charge in [0.15, 0.2) is 5.90 Å². The van der Waals surface area contributed by atoms with Gasteiger partial charge in [0, 0.05) is 25.9 Å². The fourth-order valence-corrected chi connectivity index (χ4v) is 15.6. The molecule has 0 saturated carbocycles. The smallest absolute Gasteiger partial charge is 0.367 e. The molecule has 0 aliphatic rings. The van der Waals surface area contributed by atoms with Crippen molar-refractivity contribution in [1.82, 2.24) is 9.80 Å². The van der Waals surface area contributed by atoms with E-state index < -0.39 is 87.6 Å². The maximum absolute atomic E-state index is 12.9. The quantitative estimate of drug-likeness (QED) is 0.0496. The van der Waals surface area contributed by atoms with E-state index in [2.05, 4.69) is 8.62 Å². The van der Waals surface area contributed by atoms with E-state index in [1.807, 2.05) is 13.8 Å². The van der Waals surface area contributed by atoms with E-state index in [0.29, 0.717) is 25.9 Å². The molecule has 26 heteroatoms. The van der Waals surface area contributed by atoms with E-state index in [-0.39, 0.29) is 0 Å². The predicted molar refractivity (Wildman–Crippen MR) is 164 cm³/mol. The zero-order chi connectivity index (χ0) is 35.8. The minimum atomic E-state index is -6.32. The van der Waals surface area contributed by atoms with Crippen LogP contribution in [0.15, 0.2) is 0 Å². The summed E-state index contributed by atoms with van der Waals surface area (Å²) in [7, 11) is -34.0.